The van der Waals surface area contributed by atoms with E-state index in [0.29, 0.717) is 0 Å². The van der Waals surface area contributed by atoms with Crippen molar-refractivity contribution in [3.05, 3.63) is 109 Å². The number of aliphatic hydroxyl groups excluding tert-OH is 1. The summed E-state index contributed by atoms with van der Waals surface area (Å²) in [5.74, 6) is 0.161. The van der Waals surface area contributed by atoms with Gasteiger partial charge in [-0.25, -0.2) is 0 Å². The molecular weight excluding hydrogens is 767 g/mol. The Hall–Kier alpha value is -3.41. The number of carbonyl (C=O) groups is 1. The summed E-state index contributed by atoms with van der Waals surface area (Å²) in [5, 5.41) is 14.5. The number of ketones is 1. The first kappa shape index (κ1) is 34.5. The average molecular weight is 807 g/mol. The molecule has 45 heavy (non-hydrogen) atoms. The fourth-order valence-corrected chi connectivity index (χ4v) is 7.93. The number of fused-ring (bicyclic) bond motifs is 4. The van der Waals surface area contributed by atoms with Gasteiger partial charge < -0.3 is 5.11 Å². The van der Waals surface area contributed by atoms with Gasteiger partial charge in [-0.3, -0.25) is 9.78 Å². The van der Waals surface area contributed by atoms with E-state index in [0.717, 1.165) is 16.8 Å². The zero-order chi connectivity index (χ0) is 31.6. The maximum absolute atomic E-state index is 11.0. The molecular formula is C39H40IrNO2SSi-. The fourth-order valence-electron chi connectivity index (χ4n) is 5.14. The van der Waals surface area contributed by atoms with E-state index in [2.05, 4.69) is 117 Å². The van der Waals surface area contributed by atoms with Crippen LogP contribution in [0.2, 0.25) is 19.6 Å². The molecule has 0 aliphatic heterocycles. The first-order chi connectivity index (χ1) is 20.9. The summed E-state index contributed by atoms with van der Waals surface area (Å²) in [4.78, 5) is 16.2. The molecule has 0 saturated heterocycles. The molecule has 1 N–H and O–H groups in total. The van der Waals surface area contributed by atoms with E-state index in [-0.39, 0.29) is 43.5 Å². The number of hydrogen-bond donors (Lipinski definition) is 1. The van der Waals surface area contributed by atoms with Crippen molar-refractivity contribution in [3.63, 3.8) is 0 Å². The number of benzene rings is 4. The van der Waals surface area contributed by atoms with E-state index < -0.39 is 8.07 Å². The van der Waals surface area contributed by atoms with Crippen LogP contribution < -0.4 is 5.19 Å². The molecule has 233 valence electrons. The smallest absolute Gasteiger partial charge is 0.161 e. The van der Waals surface area contributed by atoms with Gasteiger partial charge in [0.15, 0.2) is 5.78 Å². The first-order valence-electron chi connectivity index (χ1n) is 15.2. The van der Waals surface area contributed by atoms with E-state index in [4.69, 9.17) is 4.98 Å². The molecule has 0 spiro atoms. The molecule has 0 bridgehead atoms. The Morgan fingerprint density at radius 2 is 1.51 bits per heavy atom. The third-order valence-electron chi connectivity index (χ3n) is 7.77. The van der Waals surface area contributed by atoms with E-state index in [1.54, 1.807) is 0 Å². The molecule has 0 amide bonds. The predicted molar refractivity (Wildman–Crippen MR) is 193 cm³/mol. The Morgan fingerprint density at radius 1 is 0.822 bits per heavy atom. The number of aromatic nitrogens is 1. The molecule has 6 aromatic rings. The SMILES string of the molecule is CC(C)C(=O)/C=C(\O)C(C)C.C[Si](C)(C)c1cc(-c2[c-]ccc3c2sc2ccccc23)nc2ccc(-c3ccccc3)cc12.[Ir]. The maximum atomic E-state index is 11.0. The number of aliphatic hydroxyl groups is 1. The fraction of sp³-hybridized carbons (Fsp3) is 0.231. The number of rotatable bonds is 6. The Morgan fingerprint density at radius 3 is 2.18 bits per heavy atom. The van der Waals surface area contributed by atoms with Crippen LogP contribution in [0.15, 0.2) is 103 Å². The molecule has 6 rings (SSSR count). The standard InChI is InChI=1S/C30H24NSSi.C9H16O2.Ir/c1-33(2,3)29-19-27(24-14-9-13-23-22-12-7-8-15-28(22)32-30(23)24)31-26-17-16-21(18-25(26)29)20-10-5-4-6-11-20;1-6(2)8(10)5-9(11)7(3)4;/h4-13,15-19H,1-3H3;5-7,10H,1-4H3;/q-1;;/b;8-5-;. The molecule has 1 radical (unpaired) electrons. The van der Waals surface area contributed by atoms with Gasteiger partial charge in [-0.2, -0.15) is 11.3 Å². The Labute approximate surface area is 285 Å². The zero-order valence-electron chi connectivity index (χ0n) is 26.9. The van der Waals surface area contributed by atoms with Gasteiger partial charge in [-0.1, -0.05) is 119 Å². The van der Waals surface area contributed by atoms with Crippen LogP contribution in [-0.4, -0.2) is 23.9 Å². The molecule has 0 saturated carbocycles. The summed E-state index contributed by atoms with van der Waals surface area (Å²) in [6.45, 7) is 14.6. The third-order valence-corrected chi connectivity index (χ3v) is 11.0. The summed E-state index contributed by atoms with van der Waals surface area (Å²) in [7, 11) is -1.64. The van der Waals surface area contributed by atoms with Crippen molar-refractivity contribution in [2.75, 3.05) is 0 Å². The van der Waals surface area contributed by atoms with Gasteiger partial charge >= 0.3 is 0 Å². The number of hydrogen-bond acceptors (Lipinski definition) is 4. The largest absolute Gasteiger partial charge is 0.512 e. The van der Waals surface area contributed by atoms with Gasteiger partial charge in [0.1, 0.15) is 0 Å². The van der Waals surface area contributed by atoms with Gasteiger partial charge in [-0.05, 0) is 50.5 Å². The number of carbonyl (C=O) groups excluding carboxylic acids is 1. The first-order valence-corrected chi connectivity index (χ1v) is 19.5. The van der Waals surface area contributed by atoms with Crippen molar-refractivity contribution in [1.82, 2.24) is 4.98 Å². The van der Waals surface area contributed by atoms with Crippen molar-refractivity contribution in [3.8, 4) is 22.4 Å². The van der Waals surface area contributed by atoms with Crippen LogP contribution in [0, 0.1) is 17.9 Å². The van der Waals surface area contributed by atoms with Crippen LogP contribution in [-0.2, 0) is 24.9 Å². The minimum atomic E-state index is -1.64. The van der Waals surface area contributed by atoms with Crippen LogP contribution >= 0.6 is 11.3 Å². The third kappa shape index (κ3) is 7.70. The van der Waals surface area contributed by atoms with E-state index in [1.807, 2.05) is 39.0 Å². The van der Waals surface area contributed by atoms with Crippen LogP contribution in [0.25, 0.3) is 53.5 Å². The summed E-state index contributed by atoms with van der Waals surface area (Å²) < 4.78 is 2.58. The average Bonchev–Trinajstić information content (AvgIpc) is 3.39. The maximum Gasteiger partial charge on any atom is 0.161 e. The number of thiophene rings is 1. The quantitative estimate of drug-likeness (QED) is 0.0789. The van der Waals surface area contributed by atoms with E-state index in [9.17, 15) is 9.90 Å². The second-order valence-electron chi connectivity index (χ2n) is 12.9. The number of allylic oxidation sites excluding steroid dienone is 2. The molecule has 4 aromatic carbocycles. The number of nitrogens with zero attached hydrogens (tertiary/aromatic N) is 1. The molecule has 3 nitrogen and oxygen atoms in total. The summed E-state index contributed by atoms with van der Waals surface area (Å²) in [5.41, 5.74) is 5.70. The Bertz CT molecular complexity index is 1990. The second kappa shape index (κ2) is 14.3. The predicted octanol–water partition coefficient (Wildman–Crippen LogP) is 10.6. The minimum Gasteiger partial charge on any atom is -0.512 e. The van der Waals surface area contributed by atoms with Crippen molar-refractivity contribution in [1.29, 1.82) is 0 Å². The molecule has 6 heteroatoms. The Kier molecular flexibility index (Phi) is 11.0. The van der Waals surface area contributed by atoms with Crippen molar-refractivity contribution in [2.24, 2.45) is 11.8 Å². The van der Waals surface area contributed by atoms with Crippen LogP contribution in [0.4, 0.5) is 0 Å². The van der Waals surface area contributed by atoms with Gasteiger partial charge in [0.2, 0.25) is 0 Å². The van der Waals surface area contributed by atoms with Gasteiger partial charge in [-0.15, -0.1) is 23.8 Å². The van der Waals surface area contributed by atoms with Crippen LogP contribution in [0.3, 0.4) is 0 Å². The molecule has 0 unspecified atom stereocenters. The Balaban J connectivity index is 0.000000332. The normalized spacial score (nSPS) is 12.0. The van der Waals surface area contributed by atoms with Crippen LogP contribution in [0.5, 0.6) is 0 Å². The molecule has 2 heterocycles. The van der Waals surface area contributed by atoms with Gasteiger partial charge in [0.25, 0.3) is 0 Å². The molecule has 0 fully saturated rings. The van der Waals surface area contributed by atoms with Crippen molar-refractivity contribution in [2.45, 2.75) is 47.3 Å². The van der Waals surface area contributed by atoms with Crippen LogP contribution in [0.1, 0.15) is 27.7 Å². The van der Waals surface area contributed by atoms with E-state index >= 15 is 0 Å². The minimum absolute atomic E-state index is 0. The topological polar surface area (TPSA) is 50.2 Å². The summed E-state index contributed by atoms with van der Waals surface area (Å²) in [6.07, 6.45) is 1.31. The second-order valence-corrected chi connectivity index (χ2v) is 19.0. The van der Waals surface area contributed by atoms with Gasteiger partial charge in [0, 0.05) is 42.7 Å². The van der Waals surface area contributed by atoms with Gasteiger partial charge in [0.05, 0.1) is 19.3 Å². The number of pyridine rings is 1. The molecule has 0 aliphatic rings. The monoisotopic (exact) mass is 807 g/mol. The molecule has 2 aromatic heterocycles. The molecule has 0 atom stereocenters. The molecule has 0 aliphatic carbocycles. The van der Waals surface area contributed by atoms with Crippen molar-refractivity contribution < 1.29 is 30.0 Å². The zero-order valence-corrected chi connectivity index (χ0v) is 31.1. The summed E-state index contributed by atoms with van der Waals surface area (Å²) in [6, 6.07) is 36.1. The van der Waals surface area contributed by atoms with E-state index in [1.165, 1.54) is 47.9 Å². The van der Waals surface area contributed by atoms with Crippen molar-refractivity contribution >= 4 is 61.5 Å². The summed E-state index contributed by atoms with van der Waals surface area (Å²) >= 11 is 1.84.